The van der Waals surface area contributed by atoms with Gasteiger partial charge in [0.15, 0.2) is 0 Å². The number of thiazole rings is 1. The highest BCUT2D eigenvalue weighted by Crippen LogP contribution is 2.25. The minimum Gasteiger partial charge on any atom is -0.257 e. The summed E-state index contributed by atoms with van der Waals surface area (Å²) in [5, 5.41) is 10.0. The third-order valence-electron chi connectivity index (χ3n) is 1.46. The maximum absolute atomic E-state index is 11.5. The number of hydrogen-bond acceptors (Lipinski definition) is 6. The number of nitrogens with zero attached hydrogens (tertiary/aromatic N) is 2. The summed E-state index contributed by atoms with van der Waals surface area (Å²) >= 11 is 5.92. The van der Waals surface area contributed by atoms with E-state index in [0.717, 1.165) is 6.20 Å². The molecule has 1 aromatic rings. The summed E-state index contributed by atoms with van der Waals surface area (Å²) in [5.74, 6) is 0.0911. The predicted octanol–water partition coefficient (Wildman–Crippen LogP) is 1.45. The number of alkyl halides is 1. The van der Waals surface area contributed by atoms with Crippen molar-refractivity contribution in [3.63, 3.8) is 0 Å². The lowest BCUT2D eigenvalue weighted by Crippen LogP contribution is -2.06. The molecule has 0 fully saturated rings. The zero-order valence-corrected chi connectivity index (χ0v) is 9.81. The average molecular weight is 271 g/mol. The third-order valence-corrected chi connectivity index (χ3v) is 4.95. The lowest BCUT2D eigenvalue weighted by atomic mass is 10.6. The highest BCUT2D eigenvalue weighted by Gasteiger charge is 2.22. The van der Waals surface area contributed by atoms with E-state index in [1.165, 1.54) is 0 Å². The fourth-order valence-electron chi connectivity index (χ4n) is 0.810. The number of hydrogen-bond donors (Lipinski definition) is 0. The Balaban J connectivity index is 2.91. The average Bonchev–Trinajstić information content (AvgIpc) is 2.64. The van der Waals surface area contributed by atoms with Crippen molar-refractivity contribution in [2.24, 2.45) is 0 Å². The molecular weight excluding hydrogens is 264 g/mol. The molecule has 0 unspecified atom stereocenters. The van der Waals surface area contributed by atoms with E-state index in [1.807, 2.05) is 0 Å². The number of aromatic nitrogens is 1. The second-order valence-corrected chi connectivity index (χ2v) is 6.25. The smallest absolute Gasteiger partial charge is 0.257 e. The molecule has 15 heavy (non-hydrogen) atoms. The van der Waals surface area contributed by atoms with Crippen LogP contribution < -0.4 is 0 Å². The molecule has 0 aliphatic carbocycles. The topological polar surface area (TPSA) is 90.2 Å². The summed E-state index contributed by atoms with van der Waals surface area (Å²) in [4.78, 5) is 13.2. The normalized spacial score (nSPS) is 11.5. The zero-order valence-electron chi connectivity index (χ0n) is 7.42. The van der Waals surface area contributed by atoms with Gasteiger partial charge in [-0.2, -0.15) is 0 Å². The van der Waals surface area contributed by atoms with Crippen LogP contribution in [0.4, 0.5) is 5.00 Å². The first-order valence-corrected chi connectivity index (χ1v) is 6.86. The molecular formula is C6H7ClN2O4S2. The van der Waals surface area contributed by atoms with Crippen molar-refractivity contribution in [1.82, 2.24) is 4.98 Å². The molecule has 1 aromatic heterocycles. The van der Waals surface area contributed by atoms with Gasteiger partial charge >= 0.3 is 5.00 Å². The molecule has 0 saturated heterocycles. The fraction of sp³-hybridized carbons (Fsp3) is 0.500. The summed E-state index contributed by atoms with van der Waals surface area (Å²) in [6.45, 7) is 0. The third kappa shape index (κ3) is 3.11. The molecule has 84 valence electrons. The molecule has 0 aliphatic rings. The SMILES string of the molecule is O=[N+]([O-])c1cnc(S(=O)(=O)CCCCl)s1. The first-order valence-electron chi connectivity index (χ1n) is 3.86. The monoisotopic (exact) mass is 270 g/mol. The van der Waals surface area contributed by atoms with Gasteiger partial charge in [-0.1, -0.05) is 0 Å². The van der Waals surface area contributed by atoms with E-state index in [1.54, 1.807) is 0 Å². The number of nitro groups is 1. The van der Waals surface area contributed by atoms with E-state index < -0.39 is 14.8 Å². The molecule has 1 rings (SSSR count). The summed E-state index contributed by atoms with van der Waals surface area (Å²) in [5.41, 5.74) is 0. The lowest BCUT2D eigenvalue weighted by Gasteiger charge is -1.96. The Hall–Kier alpha value is -0.730. The maximum atomic E-state index is 11.5. The number of halogens is 1. The fourth-order valence-corrected chi connectivity index (χ4v) is 3.49. The van der Waals surface area contributed by atoms with E-state index >= 15 is 0 Å². The van der Waals surface area contributed by atoms with Crippen LogP contribution in [0.2, 0.25) is 0 Å². The molecule has 6 nitrogen and oxygen atoms in total. The zero-order chi connectivity index (χ0) is 11.5. The largest absolute Gasteiger partial charge is 0.344 e. The summed E-state index contributed by atoms with van der Waals surface area (Å²) in [6.07, 6.45) is 1.25. The van der Waals surface area contributed by atoms with E-state index in [4.69, 9.17) is 11.6 Å². The van der Waals surface area contributed by atoms with Crippen LogP contribution in [0.5, 0.6) is 0 Å². The Kier molecular flexibility index (Phi) is 4.00. The number of rotatable bonds is 5. The summed E-state index contributed by atoms with van der Waals surface area (Å²) < 4.78 is 22.8. The van der Waals surface area contributed by atoms with Crippen molar-refractivity contribution >= 4 is 37.8 Å². The standard InChI is InChI=1S/C6H7ClN2O4S2/c7-2-1-3-15(12,13)6-8-4-5(14-6)9(10)11/h4H,1-3H2. The van der Waals surface area contributed by atoms with Crippen LogP contribution >= 0.6 is 22.9 Å². The van der Waals surface area contributed by atoms with Gasteiger partial charge in [-0.3, -0.25) is 10.1 Å². The second kappa shape index (κ2) is 4.86. The molecule has 0 aromatic carbocycles. The van der Waals surface area contributed by atoms with Crippen molar-refractivity contribution in [1.29, 1.82) is 0 Å². The van der Waals surface area contributed by atoms with Crippen molar-refractivity contribution in [3.8, 4) is 0 Å². The van der Waals surface area contributed by atoms with Gasteiger partial charge in [-0.15, -0.1) is 11.6 Å². The van der Waals surface area contributed by atoms with Crippen molar-refractivity contribution in [2.75, 3.05) is 11.6 Å². The van der Waals surface area contributed by atoms with Crippen LogP contribution in [-0.2, 0) is 9.84 Å². The van der Waals surface area contributed by atoms with Crippen LogP contribution in [0.1, 0.15) is 6.42 Å². The van der Waals surface area contributed by atoms with Crippen molar-refractivity contribution < 1.29 is 13.3 Å². The lowest BCUT2D eigenvalue weighted by molar-refractivity contribution is -0.380. The molecule has 0 atom stereocenters. The van der Waals surface area contributed by atoms with Gasteiger partial charge in [0.25, 0.3) is 0 Å². The predicted molar refractivity (Wildman–Crippen MR) is 56.2 cm³/mol. The summed E-state index contributed by atoms with van der Waals surface area (Å²) in [7, 11) is -3.52. The molecule has 0 spiro atoms. The Labute approximate surface area is 95.0 Å². The molecule has 1 heterocycles. The summed E-state index contributed by atoms with van der Waals surface area (Å²) in [6, 6.07) is 0. The van der Waals surface area contributed by atoms with Gasteiger partial charge in [0.1, 0.15) is 6.20 Å². The molecule has 9 heteroatoms. The molecule has 0 radical (unpaired) electrons. The second-order valence-electron chi connectivity index (χ2n) is 2.58. The van der Waals surface area contributed by atoms with Crippen LogP contribution in [0.25, 0.3) is 0 Å². The van der Waals surface area contributed by atoms with E-state index in [-0.39, 0.29) is 21.0 Å². The van der Waals surface area contributed by atoms with Gasteiger partial charge in [0.2, 0.25) is 14.2 Å². The van der Waals surface area contributed by atoms with E-state index in [0.29, 0.717) is 17.8 Å². The maximum Gasteiger partial charge on any atom is 0.344 e. The van der Waals surface area contributed by atoms with Crippen LogP contribution in [-0.4, -0.2) is 30.0 Å². The van der Waals surface area contributed by atoms with Crippen LogP contribution in [0.3, 0.4) is 0 Å². The highest BCUT2D eigenvalue weighted by atomic mass is 35.5. The minimum absolute atomic E-state index is 0.138. The van der Waals surface area contributed by atoms with Gasteiger partial charge < -0.3 is 0 Å². The van der Waals surface area contributed by atoms with Gasteiger partial charge in [-0.05, 0) is 17.8 Å². The van der Waals surface area contributed by atoms with E-state index in [2.05, 4.69) is 4.98 Å². The Morgan fingerprint density at radius 2 is 2.27 bits per heavy atom. The minimum atomic E-state index is -3.52. The van der Waals surface area contributed by atoms with Crippen LogP contribution in [0.15, 0.2) is 10.5 Å². The van der Waals surface area contributed by atoms with Gasteiger partial charge in [-0.25, -0.2) is 13.4 Å². The number of sulfone groups is 1. The molecule has 0 aliphatic heterocycles. The van der Waals surface area contributed by atoms with Gasteiger partial charge in [0, 0.05) is 5.88 Å². The molecule has 0 N–H and O–H groups in total. The first kappa shape index (κ1) is 12.3. The van der Waals surface area contributed by atoms with Crippen molar-refractivity contribution in [2.45, 2.75) is 10.8 Å². The Morgan fingerprint density at radius 3 is 2.73 bits per heavy atom. The quantitative estimate of drug-likeness (QED) is 0.459. The molecule has 0 bridgehead atoms. The van der Waals surface area contributed by atoms with Crippen molar-refractivity contribution in [3.05, 3.63) is 16.3 Å². The first-order chi connectivity index (χ1) is 6.97. The van der Waals surface area contributed by atoms with E-state index in [9.17, 15) is 18.5 Å². The molecule has 0 saturated carbocycles. The van der Waals surface area contributed by atoms with Crippen LogP contribution in [0, 0.1) is 10.1 Å². The highest BCUT2D eigenvalue weighted by molar-refractivity contribution is 7.93. The Morgan fingerprint density at radius 1 is 1.60 bits per heavy atom. The Bertz CT molecular complexity index is 455. The van der Waals surface area contributed by atoms with Gasteiger partial charge in [0.05, 0.1) is 10.7 Å². The molecule has 0 amide bonds.